The first-order chi connectivity index (χ1) is 12.2. The van der Waals surface area contributed by atoms with Crippen molar-refractivity contribution >= 4 is 32.6 Å². The molecule has 1 aliphatic heterocycles. The maximum absolute atomic E-state index is 9.21. The van der Waals surface area contributed by atoms with E-state index in [1.165, 1.54) is 0 Å². The molecule has 130 valence electrons. The summed E-state index contributed by atoms with van der Waals surface area (Å²) in [4.78, 5) is 11.6. The van der Waals surface area contributed by atoms with E-state index in [2.05, 4.69) is 29.7 Å². The van der Waals surface area contributed by atoms with Crippen molar-refractivity contribution in [2.45, 2.75) is 31.8 Å². The van der Waals surface area contributed by atoms with Gasteiger partial charge in [0.15, 0.2) is 5.13 Å². The lowest BCUT2D eigenvalue weighted by atomic mass is 10.1. The number of para-hydroxylation sites is 1. The molecule has 0 bridgehead atoms. The summed E-state index contributed by atoms with van der Waals surface area (Å²) in [6.45, 7) is 3.01. The Morgan fingerprint density at radius 3 is 3.08 bits per heavy atom. The average Bonchev–Trinajstić information content (AvgIpc) is 3.04. The van der Waals surface area contributed by atoms with Gasteiger partial charge in [0.25, 0.3) is 0 Å². The zero-order valence-corrected chi connectivity index (χ0v) is 15.3. The van der Waals surface area contributed by atoms with Crippen LogP contribution in [0.5, 0.6) is 0 Å². The Morgan fingerprint density at radius 2 is 2.32 bits per heavy atom. The molecule has 2 unspecified atom stereocenters. The molecule has 3 rings (SSSR count). The fourth-order valence-electron chi connectivity index (χ4n) is 2.72. The van der Waals surface area contributed by atoms with Crippen LogP contribution in [-0.2, 0) is 0 Å². The highest BCUT2D eigenvalue weighted by Crippen LogP contribution is 2.31. The van der Waals surface area contributed by atoms with Crippen molar-refractivity contribution < 1.29 is 0 Å². The second-order valence-corrected chi connectivity index (χ2v) is 6.97. The second kappa shape index (κ2) is 8.10. The molecule has 0 saturated heterocycles. The molecule has 25 heavy (non-hydrogen) atoms. The SMILES string of the molecule is CNCCC(C)N=C1NC=CC(CC#N)N1c1nc2ccccc2s1. The fourth-order valence-corrected chi connectivity index (χ4v) is 3.75. The van der Waals surface area contributed by atoms with Crippen LogP contribution in [0.1, 0.15) is 19.8 Å². The van der Waals surface area contributed by atoms with E-state index in [0.29, 0.717) is 6.42 Å². The van der Waals surface area contributed by atoms with E-state index < -0.39 is 0 Å². The smallest absolute Gasteiger partial charge is 0.205 e. The predicted octanol–water partition coefficient (Wildman–Crippen LogP) is 2.86. The average molecular weight is 354 g/mol. The van der Waals surface area contributed by atoms with Gasteiger partial charge >= 0.3 is 0 Å². The van der Waals surface area contributed by atoms with Crippen molar-refractivity contribution in [2.24, 2.45) is 4.99 Å². The number of hydrogen-bond acceptors (Lipinski definition) is 5. The molecule has 1 aliphatic rings. The number of nitrogens with one attached hydrogen (secondary N) is 2. The zero-order valence-electron chi connectivity index (χ0n) is 14.4. The number of guanidine groups is 1. The normalized spacial score (nSPS) is 19.8. The van der Waals surface area contributed by atoms with Crippen molar-refractivity contribution in [1.29, 1.82) is 5.26 Å². The standard InChI is InChI=1S/C18H22N6S/c1-13(8-11-20-2)22-17-21-12-9-14(7-10-19)24(17)18-23-15-5-3-4-6-16(15)25-18/h3-6,9,12-14,20H,7-8,11H2,1-2H3,(H,21,22). The Kier molecular flexibility index (Phi) is 5.64. The summed E-state index contributed by atoms with van der Waals surface area (Å²) in [7, 11) is 1.94. The molecule has 0 amide bonds. The van der Waals surface area contributed by atoms with E-state index >= 15 is 0 Å². The minimum absolute atomic E-state index is 0.0675. The summed E-state index contributed by atoms with van der Waals surface area (Å²) in [5, 5.41) is 16.5. The van der Waals surface area contributed by atoms with Gasteiger partial charge in [-0.1, -0.05) is 23.5 Å². The van der Waals surface area contributed by atoms with Crippen LogP contribution in [0.2, 0.25) is 0 Å². The number of aromatic nitrogens is 1. The van der Waals surface area contributed by atoms with Gasteiger partial charge in [0.1, 0.15) is 0 Å². The first kappa shape index (κ1) is 17.4. The molecular weight excluding hydrogens is 332 g/mol. The number of anilines is 1. The van der Waals surface area contributed by atoms with Crippen LogP contribution in [-0.4, -0.2) is 36.6 Å². The first-order valence-electron chi connectivity index (χ1n) is 8.40. The summed E-state index contributed by atoms with van der Waals surface area (Å²) in [5.41, 5.74) is 0.968. The van der Waals surface area contributed by atoms with E-state index in [4.69, 9.17) is 9.98 Å². The molecule has 2 N–H and O–H groups in total. The van der Waals surface area contributed by atoms with Crippen LogP contribution in [0.4, 0.5) is 5.13 Å². The molecule has 0 fully saturated rings. The van der Waals surface area contributed by atoms with E-state index in [0.717, 1.165) is 34.3 Å². The number of nitriles is 1. The van der Waals surface area contributed by atoms with Gasteiger partial charge in [-0.25, -0.2) is 9.98 Å². The van der Waals surface area contributed by atoms with Crippen molar-refractivity contribution in [3.63, 3.8) is 0 Å². The molecule has 0 aliphatic carbocycles. The minimum atomic E-state index is -0.0675. The van der Waals surface area contributed by atoms with Crippen LogP contribution < -0.4 is 15.5 Å². The summed E-state index contributed by atoms with van der Waals surface area (Å²) in [6.07, 6.45) is 5.20. The number of aliphatic imine (C=N–C) groups is 1. The third kappa shape index (κ3) is 3.98. The largest absolute Gasteiger partial charge is 0.333 e. The Labute approximate surface area is 151 Å². The van der Waals surface area contributed by atoms with Gasteiger partial charge in [0.05, 0.1) is 34.8 Å². The Hall–Kier alpha value is -2.43. The van der Waals surface area contributed by atoms with Crippen LogP contribution in [0.15, 0.2) is 41.5 Å². The highest BCUT2D eigenvalue weighted by atomic mass is 32.1. The topological polar surface area (TPSA) is 76.3 Å². The number of thiazole rings is 1. The van der Waals surface area contributed by atoms with Crippen molar-refractivity contribution in [3.05, 3.63) is 36.5 Å². The van der Waals surface area contributed by atoms with Crippen molar-refractivity contribution in [3.8, 4) is 6.07 Å². The monoisotopic (exact) mass is 354 g/mol. The predicted molar refractivity (Wildman–Crippen MR) is 104 cm³/mol. The molecule has 1 aromatic carbocycles. The molecule has 0 saturated carbocycles. The molecule has 2 atom stereocenters. The van der Waals surface area contributed by atoms with Gasteiger partial charge in [0, 0.05) is 6.20 Å². The molecule has 7 heteroatoms. The van der Waals surface area contributed by atoms with E-state index in [1.807, 2.05) is 42.4 Å². The van der Waals surface area contributed by atoms with Gasteiger partial charge in [0.2, 0.25) is 5.96 Å². The van der Waals surface area contributed by atoms with Crippen LogP contribution in [0.3, 0.4) is 0 Å². The van der Waals surface area contributed by atoms with E-state index in [1.54, 1.807) is 11.3 Å². The lowest BCUT2D eigenvalue weighted by molar-refractivity contribution is 0.623. The lowest BCUT2D eigenvalue weighted by Crippen LogP contribution is -2.49. The molecule has 2 aromatic rings. The first-order valence-corrected chi connectivity index (χ1v) is 9.22. The highest BCUT2D eigenvalue weighted by molar-refractivity contribution is 7.22. The Morgan fingerprint density at radius 1 is 1.48 bits per heavy atom. The summed E-state index contributed by atoms with van der Waals surface area (Å²) < 4.78 is 1.13. The highest BCUT2D eigenvalue weighted by Gasteiger charge is 2.27. The van der Waals surface area contributed by atoms with Gasteiger partial charge in [-0.3, -0.25) is 4.90 Å². The molecule has 1 aromatic heterocycles. The number of fused-ring (bicyclic) bond motifs is 1. The Bertz CT molecular complexity index is 785. The quantitative estimate of drug-likeness (QED) is 0.834. The van der Waals surface area contributed by atoms with Crippen molar-refractivity contribution in [1.82, 2.24) is 15.6 Å². The number of hydrogen-bond donors (Lipinski definition) is 2. The second-order valence-electron chi connectivity index (χ2n) is 5.96. The summed E-state index contributed by atoms with van der Waals surface area (Å²) in [5.74, 6) is 0.755. The van der Waals surface area contributed by atoms with E-state index in [-0.39, 0.29) is 12.1 Å². The van der Waals surface area contributed by atoms with E-state index in [9.17, 15) is 5.26 Å². The maximum Gasteiger partial charge on any atom is 0.205 e. The third-order valence-electron chi connectivity index (χ3n) is 4.03. The van der Waals surface area contributed by atoms with Crippen LogP contribution in [0.25, 0.3) is 10.2 Å². The van der Waals surface area contributed by atoms with Gasteiger partial charge in [-0.2, -0.15) is 5.26 Å². The maximum atomic E-state index is 9.21. The lowest BCUT2D eigenvalue weighted by Gasteiger charge is -2.32. The van der Waals surface area contributed by atoms with Crippen LogP contribution in [0, 0.1) is 11.3 Å². The van der Waals surface area contributed by atoms with Gasteiger partial charge in [-0.15, -0.1) is 0 Å². The molecule has 0 radical (unpaired) electrons. The summed E-state index contributed by atoms with van der Waals surface area (Å²) >= 11 is 1.62. The Balaban J connectivity index is 1.97. The third-order valence-corrected chi connectivity index (χ3v) is 5.07. The van der Waals surface area contributed by atoms with Gasteiger partial charge in [-0.05, 0) is 45.1 Å². The number of nitrogens with zero attached hydrogens (tertiary/aromatic N) is 4. The summed E-state index contributed by atoms with van der Waals surface area (Å²) in [6, 6.07) is 10.4. The van der Waals surface area contributed by atoms with Crippen LogP contribution >= 0.6 is 11.3 Å². The number of rotatable bonds is 6. The number of benzene rings is 1. The van der Waals surface area contributed by atoms with Gasteiger partial charge < -0.3 is 10.6 Å². The molecule has 0 spiro atoms. The minimum Gasteiger partial charge on any atom is -0.333 e. The van der Waals surface area contributed by atoms with Crippen molar-refractivity contribution in [2.75, 3.05) is 18.5 Å². The molecular formula is C18H22N6S. The zero-order chi connectivity index (χ0) is 17.6. The molecule has 2 heterocycles. The molecule has 6 nitrogen and oxygen atoms in total. The fraction of sp³-hybridized carbons (Fsp3) is 0.389.